The molecule has 0 atom stereocenters. The van der Waals surface area contributed by atoms with E-state index in [4.69, 9.17) is 14.2 Å². The molecule has 0 saturated heterocycles. The lowest BCUT2D eigenvalue weighted by molar-refractivity contribution is 0.215. The van der Waals surface area contributed by atoms with E-state index in [0.29, 0.717) is 13.2 Å². The molecule has 0 amide bonds. The first kappa shape index (κ1) is 18.8. The number of hydrogen-bond acceptors (Lipinski definition) is 4. The van der Waals surface area contributed by atoms with Gasteiger partial charge in [0.15, 0.2) is 0 Å². The van der Waals surface area contributed by atoms with Crippen LogP contribution in [0.2, 0.25) is 0 Å². The van der Waals surface area contributed by atoms with Gasteiger partial charge in [-0.25, -0.2) is 0 Å². The third-order valence-corrected chi connectivity index (χ3v) is 4.21. The molecule has 0 aromatic heterocycles. The molecule has 0 aliphatic carbocycles. The third kappa shape index (κ3) is 5.02. The molecule has 27 heavy (non-hydrogen) atoms. The largest absolute Gasteiger partial charge is 0.497 e. The Kier molecular flexibility index (Phi) is 6.72. The molecule has 0 saturated carbocycles. The van der Waals surface area contributed by atoms with Crippen molar-refractivity contribution >= 4 is 0 Å². The van der Waals surface area contributed by atoms with Crippen LogP contribution in [-0.4, -0.2) is 27.4 Å². The number of ether oxygens (including phenoxy) is 3. The highest BCUT2D eigenvalue weighted by Gasteiger charge is 2.07. The normalized spacial score (nSPS) is 10.4. The Morgan fingerprint density at radius 3 is 2.22 bits per heavy atom. The fourth-order valence-electron chi connectivity index (χ4n) is 2.88. The molecule has 1 N–H and O–H groups in total. The van der Waals surface area contributed by atoms with E-state index in [1.165, 1.54) is 0 Å². The Hall–Kier alpha value is -2.98. The van der Waals surface area contributed by atoms with Crippen molar-refractivity contribution in [2.75, 3.05) is 27.4 Å². The summed E-state index contributed by atoms with van der Waals surface area (Å²) in [5.41, 5.74) is 3.30. The molecular formula is C23H25NO3. The predicted octanol–water partition coefficient (Wildman–Crippen LogP) is 4.54. The van der Waals surface area contributed by atoms with Gasteiger partial charge in [-0.05, 0) is 24.7 Å². The van der Waals surface area contributed by atoms with Crippen LogP contribution in [0.1, 0.15) is 5.56 Å². The van der Waals surface area contributed by atoms with Crippen LogP contribution in [-0.2, 0) is 6.54 Å². The van der Waals surface area contributed by atoms with E-state index in [-0.39, 0.29) is 0 Å². The van der Waals surface area contributed by atoms with Gasteiger partial charge in [0.1, 0.15) is 30.5 Å². The van der Waals surface area contributed by atoms with Crippen LogP contribution >= 0.6 is 0 Å². The second kappa shape index (κ2) is 9.64. The minimum atomic E-state index is 0.451. The van der Waals surface area contributed by atoms with Gasteiger partial charge in [-0.3, -0.25) is 0 Å². The van der Waals surface area contributed by atoms with Crippen molar-refractivity contribution in [3.8, 4) is 28.4 Å². The van der Waals surface area contributed by atoms with Gasteiger partial charge in [-0.15, -0.1) is 0 Å². The number of para-hydroxylation sites is 1. The Labute approximate surface area is 160 Å². The van der Waals surface area contributed by atoms with E-state index in [2.05, 4.69) is 23.5 Å². The highest BCUT2D eigenvalue weighted by Crippen LogP contribution is 2.29. The van der Waals surface area contributed by atoms with Crippen LogP contribution in [0.4, 0.5) is 0 Å². The van der Waals surface area contributed by atoms with Crippen LogP contribution in [0.25, 0.3) is 11.1 Å². The van der Waals surface area contributed by atoms with E-state index in [0.717, 1.165) is 40.5 Å². The maximum Gasteiger partial charge on any atom is 0.127 e. The highest BCUT2D eigenvalue weighted by molar-refractivity contribution is 5.70. The molecule has 4 nitrogen and oxygen atoms in total. The monoisotopic (exact) mass is 363 g/mol. The van der Waals surface area contributed by atoms with E-state index in [1.54, 1.807) is 7.11 Å². The summed E-state index contributed by atoms with van der Waals surface area (Å²) < 4.78 is 17.2. The molecule has 0 aliphatic heterocycles. The third-order valence-electron chi connectivity index (χ3n) is 4.21. The van der Waals surface area contributed by atoms with Crippen molar-refractivity contribution in [3.05, 3.63) is 78.4 Å². The van der Waals surface area contributed by atoms with Gasteiger partial charge < -0.3 is 19.5 Å². The molecule has 3 rings (SSSR count). The van der Waals surface area contributed by atoms with Gasteiger partial charge in [0.25, 0.3) is 0 Å². The zero-order valence-corrected chi connectivity index (χ0v) is 15.8. The van der Waals surface area contributed by atoms with E-state index in [1.807, 2.05) is 61.6 Å². The SMILES string of the molecule is CNCc1ccc(OC)cc1OCCOc1ccccc1-c1ccccc1. The van der Waals surface area contributed by atoms with Crippen molar-refractivity contribution in [3.63, 3.8) is 0 Å². The molecule has 0 heterocycles. The van der Waals surface area contributed by atoms with Crippen LogP contribution in [0, 0.1) is 0 Å². The van der Waals surface area contributed by atoms with Crippen LogP contribution < -0.4 is 19.5 Å². The average molecular weight is 363 g/mol. The van der Waals surface area contributed by atoms with Gasteiger partial charge in [0, 0.05) is 23.7 Å². The van der Waals surface area contributed by atoms with Gasteiger partial charge in [0.2, 0.25) is 0 Å². The summed E-state index contributed by atoms with van der Waals surface area (Å²) in [6.45, 7) is 1.64. The summed E-state index contributed by atoms with van der Waals surface area (Å²) in [5, 5.41) is 3.15. The molecule has 0 radical (unpaired) electrons. The van der Waals surface area contributed by atoms with Gasteiger partial charge in [-0.2, -0.15) is 0 Å². The molecule has 140 valence electrons. The number of nitrogens with one attached hydrogen (secondary N) is 1. The smallest absolute Gasteiger partial charge is 0.127 e. The van der Waals surface area contributed by atoms with Crippen LogP contribution in [0.15, 0.2) is 72.8 Å². The standard InChI is InChI=1S/C23H25NO3/c1-24-17-19-12-13-20(25-2)16-23(19)27-15-14-26-22-11-7-6-10-21(22)18-8-4-3-5-9-18/h3-13,16,24H,14-15,17H2,1-2H3. The molecule has 0 aliphatic rings. The first-order chi connectivity index (χ1) is 13.3. The maximum absolute atomic E-state index is 6.00. The van der Waals surface area contributed by atoms with Gasteiger partial charge in [-0.1, -0.05) is 54.6 Å². The van der Waals surface area contributed by atoms with Crippen LogP contribution in [0.3, 0.4) is 0 Å². The summed E-state index contributed by atoms with van der Waals surface area (Å²) in [6.07, 6.45) is 0. The number of methoxy groups -OCH3 is 1. The van der Waals surface area contributed by atoms with E-state index in [9.17, 15) is 0 Å². The Balaban J connectivity index is 1.63. The summed E-state index contributed by atoms with van der Waals surface area (Å²) in [4.78, 5) is 0. The van der Waals surface area contributed by atoms with Crippen LogP contribution in [0.5, 0.6) is 17.2 Å². The zero-order chi connectivity index (χ0) is 18.9. The average Bonchev–Trinajstić information content (AvgIpc) is 2.73. The summed E-state index contributed by atoms with van der Waals surface area (Å²) in [5.74, 6) is 2.44. The van der Waals surface area contributed by atoms with E-state index >= 15 is 0 Å². The van der Waals surface area contributed by atoms with Crippen molar-refractivity contribution in [1.29, 1.82) is 0 Å². The number of benzene rings is 3. The minimum absolute atomic E-state index is 0.451. The zero-order valence-electron chi connectivity index (χ0n) is 15.8. The van der Waals surface area contributed by atoms with Crippen molar-refractivity contribution in [2.45, 2.75) is 6.54 Å². The first-order valence-corrected chi connectivity index (χ1v) is 9.03. The second-order valence-electron chi connectivity index (χ2n) is 6.06. The molecule has 0 spiro atoms. The fourth-order valence-corrected chi connectivity index (χ4v) is 2.88. The van der Waals surface area contributed by atoms with Crippen molar-refractivity contribution in [2.24, 2.45) is 0 Å². The fraction of sp³-hybridized carbons (Fsp3) is 0.217. The molecule has 3 aromatic carbocycles. The quantitative estimate of drug-likeness (QED) is 0.567. The topological polar surface area (TPSA) is 39.7 Å². The molecule has 3 aromatic rings. The Morgan fingerprint density at radius 2 is 1.48 bits per heavy atom. The van der Waals surface area contributed by atoms with Gasteiger partial charge >= 0.3 is 0 Å². The lowest BCUT2D eigenvalue weighted by atomic mass is 10.1. The van der Waals surface area contributed by atoms with Gasteiger partial charge in [0.05, 0.1) is 7.11 Å². The Bertz CT molecular complexity index is 849. The summed E-state index contributed by atoms with van der Waals surface area (Å²) >= 11 is 0. The molecular weight excluding hydrogens is 338 g/mol. The molecule has 4 heteroatoms. The highest BCUT2D eigenvalue weighted by atomic mass is 16.5. The molecule has 0 fully saturated rings. The minimum Gasteiger partial charge on any atom is -0.497 e. The van der Waals surface area contributed by atoms with E-state index < -0.39 is 0 Å². The second-order valence-corrected chi connectivity index (χ2v) is 6.06. The van der Waals surface area contributed by atoms with Crippen molar-refractivity contribution < 1.29 is 14.2 Å². The Morgan fingerprint density at radius 1 is 0.778 bits per heavy atom. The maximum atomic E-state index is 6.00. The molecule has 0 unspecified atom stereocenters. The number of rotatable bonds is 9. The lowest BCUT2D eigenvalue weighted by Gasteiger charge is -2.15. The number of hydrogen-bond donors (Lipinski definition) is 1. The first-order valence-electron chi connectivity index (χ1n) is 9.03. The molecule has 0 bridgehead atoms. The predicted molar refractivity (Wildman–Crippen MR) is 109 cm³/mol. The van der Waals surface area contributed by atoms with Crippen molar-refractivity contribution in [1.82, 2.24) is 5.32 Å². The lowest BCUT2D eigenvalue weighted by Crippen LogP contribution is -2.12. The summed E-state index contributed by atoms with van der Waals surface area (Å²) in [7, 11) is 3.57. The summed E-state index contributed by atoms with van der Waals surface area (Å²) in [6, 6.07) is 24.1.